The van der Waals surface area contributed by atoms with Crippen LogP contribution in [0.5, 0.6) is 0 Å². The molecule has 0 unspecified atom stereocenters. The van der Waals surface area contributed by atoms with Crippen LogP contribution in [-0.4, -0.2) is 23.9 Å². The first-order valence-corrected chi connectivity index (χ1v) is 9.32. The minimum atomic E-state index is 0.112. The van der Waals surface area contributed by atoms with Crippen LogP contribution in [0.2, 0.25) is 5.02 Å². The van der Waals surface area contributed by atoms with Crippen LogP contribution >= 0.6 is 11.6 Å². The number of pyridine rings is 1. The Bertz CT molecular complexity index is 818. The fourth-order valence-corrected chi connectivity index (χ4v) is 3.71. The smallest absolute Gasteiger partial charge is 0.169 e. The number of carbonyl (C=O) groups is 1. The maximum absolute atomic E-state index is 12.7. The second-order valence-electron chi connectivity index (χ2n) is 6.03. The van der Waals surface area contributed by atoms with Crippen LogP contribution in [0.4, 0.5) is 0 Å². The van der Waals surface area contributed by atoms with Gasteiger partial charge in [0, 0.05) is 28.8 Å². The molecule has 1 aliphatic heterocycles. The van der Waals surface area contributed by atoms with Gasteiger partial charge >= 0.3 is 0 Å². The van der Waals surface area contributed by atoms with Crippen molar-refractivity contribution in [2.24, 2.45) is 0 Å². The number of fused-ring (bicyclic) bond motifs is 2. The summed E-state index contributed by atoms with van der Waals surface area (Å²) in [6.45, 7) is 5.94. The van der Waals surface area contributed by atoms with E-state index in [2.05, 4.69) is 10.3 Å². The molecule has 2 heterocycles. The number of nitrogens with zero attached hydrogens (tertiary/aromatic N) is 1. The first-order chi connectivity index (χ1) is 12.2. The van der Waals surface area contributed by atoms with Crippen LogP contribution in [0.25, 0.3) is 5.57 Å². The number of nitrogens with one attached hydrogen (secondary N) is 1. The Kier molecular flexibility index (Phi) is 5.67. The molecule has 1 aromatic heterocycles. The maximum atomic E-state index is 12.7. The predicted molar refractivity (Wildman–Crippen MR) is 103 cm³/mol. The molecule has 0 atom stereocenters. The Balaban J connectivity index is 0.000000880. The molecule has 1 aliphatic carbocycles. The van der Waals surface area contributed by atoms with Crippen LogP contribution in [-0.2, 0) is 6.42 Å². The van der Waals surface area contributed by atoms with Crippen molar-refractivity contribution in [1.29, 1.82) is 0 Å². The lowest BCUT2D eigenvalue weighted by Crippen LogP contribution is -2.24. The van der Waals surface area contributed by atoms with Crippen molar-refractivity contribution in [3.63, 3.8) is 0 Å². The van der Waals surface area contributed by atoms with Gasteiger partial charge in [0.2, 0.25) is 0 Å². The summed E-state index contributed by atoms with van der Waals surface area (Å²) >= 11 is 6.17. The van der Waals surface area contributed by atoms with E-state index >= 15 is 0 Å². The van der Waals surface area contributed by atoms with Crippen molar-refractivity contribution in [2.45, 2.75) is 33.1 Å². The molecule has 0 saturated carbocycles. The minimum Gasteiger partial charge on any atom is -0.316 e. The first-order valence-electron chi connectivity index (χ1n) is 8.94. The minimum absolute atomic E-state index is 0.112. The Morgan fingerprint density at radius 2 is 1.84 bits per heavy atom. The van der Waals surface area contributed by atoms with Crippen molar-refractivity contribution in [1.82, 2.24) is 10.3 Å². The van der Waals surface area contributed by atoms with Crippen LogP contribution < -0.4 is 5.32 Å². The summed E-state index contributed by atoms with van der Waals surface area (Å²) in [5, 5.41) is 4.06. The molecular formula is C21H23ClN2O. The van der Waals surface area contributed by atoms with Crippen molar-refractivity contribution in [3.05, 3.63) is 69.5 Å². The monoisotopic (exact) mass is 354 g/mol. The van der Waals surface area contributed by atoms with Gasteiger partial charge in [0.05, 0.1) is 5.69 Å². The number of hydrogen-bond acceptors (Lipinski definition) is 3. The number of Topliss-reactive ketones (excluding diaryl/α,β-unsaturated/α-hetero) is 1. The van der Waals surface area contributed by atoms with E-state index in [4.69, 9.17) is 11.6 Å². The molecule has 1 saturated heterocycles. The molecule has 2 aliphatic rings. The third-order valence-corrected chi connectivity index (χ3v) is 4.83. The molecule has 4 rings (SSSR count). The lowest BCUT2D eigenvalue weighted by atomic mass is 9.89. The molecule has 0 amide bonds. The summed E-state index contributed by atoms with van der Waals surface area (Å²) in [6.07, 6.45) is 4.13. The Labute approximate surface area is 154 Å². The largest absolute Gasteiger partial charge is 0.316 e. The summed E-state index contributed by atoms with van der Waals surface area (Å²) in [7, 11) is 0. The van der Waals surface area contributed by atoms with E-state index in [1.165, 1.54) is 5.57 Å². The lowest BCUT2D eigenvalue weighted by Gasteiger charge is -2.21. The van der Waals surface area contributed by atoms with Gasteiger partial charge in [0.15, 0.2) is 5.78 Å². The van der Waals surface area contributed by atoms with Gasteiger partial charge in [-0.15, -0.1) is 0 Å². The molecule has 0 spiro atoms. The third kappa shape index (κ3) is 3.53. The van der Waals surface area contributed by atoms with E-state index in [0.29, 0.717) is 11.4 Å². The molecule has 0 radical (unpaired) electrons. The highest BCUT2D eigenvalue weighted by Crippen LogP contribution is 2.37. The standard InChI is InChI=1S/C19H17ClN2O.C2H6/c20-14-3-4-15-13(10-14)11-17(23)16-2-1-7-22-19(16)18(15)12-5-8-21-9-6-12;1-2/h1-4,7,10,21H,5-6,8-9,11H2;1-2H3. The Hall–Kier alpha value is -1.97. The van der Waals surface area contributed by atoms with E-state index in [-0.39, 0.29) is 5.78 Å². The molecule has 1 N–H and O–H groups in total. The van der Waals surface area contributed by atoms with Gasteiger partial charge in [-0.05, 0) is 61.3 Å². The van der Waals surface area contributed by atoms with Gasteiger partial charge in [-0.3, -0.25) is 9.78 Å². The summed E-state index contributed by atoms with van der Waals surface area (Å²) in [5.41, 5.74) is 6.18. The topological polar surface area (TPSA) is 42.0 Å². The zero-order chi connectivity index (χ0) is 17.8. The number of benzene rings is 1. The molecule has 130 valence electrons. The van der Waals surface area contributed by atoms with Crippen molar-refractivity contribution in [3.8, 4) is 0 Å². The van der Waals surface area contributed by atoms with Crippen molar-refractivity contribution in [2.75, 3.05) is 13.1 Å². The third-order valence-electron chi connectivity index (χ3n) is 4.59. The highest BCUT2D eigenvalue weighted by Gasteiger charge is 2.27. The quantitative estimate of drug-likeness (QED) is 0.746. The lowest BCUT2D eigenvalue weighted by molar-refractivity contribution is 0.0993. The zero-order valence-electron chi connectivity index (χ0n) is 14.7. The number of ketones is 1. The van der Waals surface area contributed by atoms with Crippen LogP contribution in [0.15, 0.2) is 42.1 Å². The summed E-state index contributed by atoms with van der Waals surface area (Å²) in [5.74, 6) is 0.112. The van der Waals surface area contributed by atoms with Gasteiger partial charge in [-0.25, -0.2) is 0 Å². The van der Waals surface area contributed by atoms with E-state index in [1.807, 2.05) is 44.2 Å². The fraction of sp³-hybridized carbons (Fsp3) is 0.333. The fourth-order valence-electron chi connectivity index (χ4n) is 3.51. The predicted octanol–water partition coefficient (Wildman–Crippen LogP) is 4.69. The number of piperidine rings is 1. The van der Waals surface area contributed by atoms with Crippen LogP contribution in [0.1, 0.15) is 53.9 Å². The second-order valence-corrected chi connectivity index (χ2v) is 6.47. The van der Waals surface area contributed by atoms with Crippen LogP contribution in [0.3, 0.4) is 0 Å². The average Bonchev–Trinajstić information content (AvgIpc) is 2.78. The Morgan fingerprint density at radius 3 is 2.60 bits per heavy atom. The first kappa shape index (κ1) is 17.8. The zero-order valence-corrected chi connectivity index (χ0v) is 15.5. The Morgan fingerprint density at radius 1 is 1.08 bits per heavy atom. The van der Waals surface area contributed by atoms with E-state index in [0.717, 1.165) is 53.9 Å². The van der Waals surface area contributed by atoms with Gasteiger partial charge < -0.3 is 5.32 Å². The SMILES string of the molecule is CC.O=C1Cc2cc(Cl)ccc2C(=C2CCNCC2)c2ncccc21. The molecule has 1 aromatic carbocycles. The molecular weight excluding hydrogens is 332 g/mol. The van der Waals surface area contributed by atoms with E-state index in [1.54, 1.807) is 6.20 Å². The number of rotatable bonds is 0. The average molecular weight is 355 g/mol. The summed E-state index contributed by atoms with van der Waals surface area (Å²) in [6, 6.07) is 9.59. The molecule has 1 fully saturated rings. The van der Waals surface area contributed by atoms with Gasteiger partial charge in [-0.1, -0.05) is 37.1 Å². The highest BCUT2D eigenvalue weighted by atomic mass is 35.5. The van der Waals surface area contributed by atoms with Gasteiger partial charge in [-0.2, -0.15) is 0 Å². The summed E-state index contributed by atoms with van der Waals surface area (Å²) in [4.78, 5) is 17.3. The van der Waals surface area contributed by atoms with Crippen molar-refractivity contribution < 1.29 is 4.79 Å². The number of hydrogen-bond donors (Lipinski definition) is 1. The van der Waals surface area contributed by atoms with E-state index < -0.39 is 0 Å². The highest BCUT2D eigenvalue weighted by molar-refractivity contribution is 6.30. The van der Waals surface area contributed by atoms with Crippen LogP contribution in [0, 0.1) is 0 Å². The molecule has 3 nitrogen and oxygen atoms in total. The molecule has 4 heteroatoms. The van der Waals surface area contributed by atoms with Crippen molar-refractivity contribution >= 4 is 23.0 Å². The van der Waals surface area contributed by atoms with Gasteiger partial charge in [0.1, 0.15) is 0 Å². The number of aromatic nitrogens is 1. The molecule has 25 heavy (non-hydrogen) atoms. The normalized spacial score (nSPS) is 16.4. The molecule has 2 aromatic rings. The number of carbonyl (C=O) groups excluding carboxylic acids is 1. The maximum Gasteiger partial charge on any atom is 0.169 e. The second kappa shape index (κ2) is 7.94. The summed E-state index contributed by atoms with van der Waals surface area (Å²) < 4.78 is 0. The number of halogens is 1. The van der Waals surface area contributed by atoms with Gasteiger partial charge in [0.25, 0.3) is 0 Å². The molecule has 0 bridgehead atoms. The van der Waals surface area contributed by atoms with E-state index in [9.17, 15) is 4.79 Å².